The number of benzene rings is 1. The first-order chi connectivity index (χ1) is 10.8. The predicted molar refractivity (Wildman–Crippen MR) is 86.4 cm³/mol. The summed E-state index contributed by atoms with van der Waals surface area (Å²) in [7, 11) is 1.76. The number of ether oxygens (including phenoxy) is 1. The minimum absolute atomic E-state index is 0.128. The summed E-state index contributed by atoms with van der Waals surface area (Å²) in [5.74, 6) is -0.128. The summed E-state index contributed by atoms with van der Waals surface area (Å²) in [6, 6.07) is 7.23. The number of methoxy groups -OCH3 is 1. The molecule has 0 amide bonds. The Hall–Kier alpha value is -1.30. The number of piperidine rings is 1. The molecule has 1 aromatic carbocycles. The quantitative estimate of drug-likeness (QED) is 0.843. The Bertz CT molecular complexity index is 590. The molecule has 0 N–H and O–H groups in total. The monoisotopic (exact) mass is 320 g/mol. The maximum atomic E-state index is 14.0. The molecule has 1 aliphatic rings. The average molecular weight is 320 g/mol. The first-order valence-corrected chi connectivity index (χ1v) is 8.59. The summed E-state index contributed by atoms with van der Waals surface area (Å²) < 4.78 is 19.7. The summed E-state index contributed by atoms with van der Waals surface area (Å²) in [5, 5.41) is 2.08. The zero-order chi connectivity index (χ0) is 15.4. The average Bonchev–Trinajstić information content (AvgIpc) is 3.04. The van der Waals surface area contributed by atoms with E-state index in [9.17, 15) is 4.39 Å². The fourth-order valence-corrected chi connectivity index (χ4v) is 3.78. The Morgan fingerprint density at radius 1 is 1.41 bits per heavy atom. The summed E-state index contributed by atoms with van der Waals surface area (Å²) in [4.78, 5) is 6.77. The van der Waals surface area contributed by atoms with Crippen LogP contribution in [0.1, 0.15) is 24.1 Å². The first kappa shape index (κ1) is 15.6. The molecule has 0 bridgehead atoms. The maximum absolute atomic E-state index is 14.0. The number of hydrogen-bond acceptors (Lipinski definition) is 4. The molecule has 3 rings (SSSR count). The van der Waals surface area contributed by atoms with Gasteiger partial charge in [0.05, 0.1) is 17.3 Å². The number of aromatic nitrogens is 1. The Labute approximate surface area is 134 Å². The lowest BCUT2D eigenvalue weighted by Crippen LogP contribution is -2.49. The third-order valence-electron chi connectivity index (χ3n) is 4.37. The van der Waals surface area contributed by atoms with Gasteiger partial charge in [0.25, 0.3) is 0 Å². The van der Waals surface area contributed by atoms with Crippen molar-refractivity contribution in [2.24, 2.45) is 0 Å². The van der Waals surface area contributed by atoms with Crippen molar-refractivity contribution < 1.29 is 9.13 Å². The van der Waals surface area contributed by atoms with Gasteiger partial charge in [-0.25, -0.2) is 9.37 Å². The molecule has 118 valence electrons. The van der Waals surface area contributed by atoms with Crippen molar-refractivity contribution in [1.82, 2.24) is 9.88 Å². The van der Waals surface area contributed by atoms with Crippen molar-refractivity contribution in [1.29, 1.82) is 0 Å². The van der Waals surface area contributed by atoms with Gasteiger partial charge >= 0.3 is 0 Å². The van der Waals surface area contributed by atoms with E-state index in [2.05, 4.69) is 15.3 Å². The molecule has 1 fully saturated rings. The van der Waals surface area contributed by atoms with Crippen molar-refractivity contribution in [3.8, 4) is 0 Å². The van der Waals surface area contributed by atoms with Crippen LogP contribution in [0.4, 0.5) is 4.39 Å². The lowest BCUT2D eigenvalue weighted by Gasteiger charge is -2.40. The number of likely N-dealkylation sites (tertiary alicyclic amines) is 1. The Kier molecular flexibility index (Phi) is 5.18. The van der Waals surface area contributed by atoms with Crippen LogP contribution in [0.5, 0.6) is 0 Å². The zero-order valence-electron chi connectivity index (χ0n) is 12.7. The Morgan fingerprint density at radius 3 is 3.00 bits per heavy atom. The fraction of sp³-hybridized carbons (Fsp3) is 0.471. The Morgan fingerprint density at radius 2 is 2.27 bits per heavy atom. The molecule has 0 unspecified atom stereocenters. The first-order valence-electron chi connectivity index (χ1n) is 7.65. The van der Waals surface area contributed by atoms with Crippen LogP contribution < -0.4 is 0 Å². The molecule has 2 aromatic rings. The summed E-state index contributed by atoms with van der Waals surface area (Å²) >= 11 is 1.61. The van der Waals surface area contributed by atoms with Gasteiger partial charge in [-0.1, -0.05) is 18.2 Å². The molecule has 0 saturated carbocycles. The highest BCUT2D eigenvalue weighted by molar-refractivity contribution is 7.07. The van der Waals surface area contributed by atoms with Gasteiger partial charge in [0.1, 0.15) is 5.82 Å². The fourth-order valence-electron chi connectivity index (χ4n) is 3.23. The zero-order valence-corrected chi connectivity index (χ0v) is 13.6. The third kappa shape index (κ3) is 3.54. The molecule has 1 aromatic heterocycles. The van der Waals surface area contributed by atoms with Crippen LogP contribution >= 0.6 is 11.3 Å². The molecule has 0 spiro atoms. The van der Waals surface area contributed by atoms with Crippen molar-refractivity contribution >= 4 is 11.3 Å². The van der Waals surface area contributed by atoms with Crippen LogP contribution in [-0.4, -0.2) is 35.7 Å². The minimum Gasteiger partial charge on any atom is -0.380 e. The highest BCUT2D eigenvalue weighted by Gasteiger charge is 2.32. The number of rotatable bonds is 5. The van der Waals surface area contributed by atoms with Crippen LogP contribution in [0.25, 0.3) is 0 Å². The molecular formula is C17H21FN2OS. The lowest BCUT2D eigenvalue weighted by molar-refractivity contribution is -0.0224. The molecule has 0 aliphatic carbocycles. The largest absolute Gasteiger partial charge is 0.380 e. The normalized spacial score (nSPS) is 22.8. The van der Waals surface area contributed by atoms with Crippen molar-refractivity contribution in [2.75, 3.05) is 13.7 Å². The molecule has 1 aliphatic heterocycles. The van der Waals surface area contributed by atoms with Crippen LogP contribution in [-0.2, 0) is 17.7 Å². The smallest absolute Gasteiger partial charge is 0.126 e. The van der Waals surface area contributed by atoms with Crippen LogP contribution in [0.2, 0.25) is 0 Å². The van der Waals surface area contributed by atoms with Gasteiger partial charge in [0.15, 0.2) is 0 Å². The van der Waals surface area contributed by atoms with Gasteiger partial charge in [-0.05, 0) is 37.4 Å². The van der Waals surface area contributed by atoms with E-state index in [0.717, 1.165) is 37.2 Å². The van der Waals surface area contributed by atoms with E-state index in [1.54, 1.807) is 24.5 Å². The van der Waals surface area contributed by atoms with Crippen molar-refractivity contribution in [2.45, 2.75) is 38.0 Å². The molecule has 2 heterocycles. The molecule has 0 radical (unpaired) electrons. The van der Waals surface area contributed by atoms with Gasteiger partial charge in [-0.2, -0.15) is 0 Å². The highest BCUT2D eigenvalue weighted by atomic mass is 32.1. The van der Waals surface area contributed by atoms with E-state index in [4.69, 9.17) is 4.74 Å². The van der Waals surface area contributed by atoms with Crippen LogP contribution in [0.15, 0.2) is 35.2 Å². The van der Waals surface area contributed by atoms with Gasteiger partial charge in [0.2, 0.25) is 0 Å². The molecular weight excluding hydrogens is 299 g/mol. The minimum atomic E-state index is -0.128. The van der Waals surface area contributed by atoms with E-state index in [1.165, 1.54) is 6.07 Å². The van der Waals surface area contributed by atoms with Crippen molar-refractivity contribution in [3.05, 3.63) is 52.2 Å². The SMILES string of the molecule is CO[C@H]1CCCN(Cc2cscn2)[C@H]1Cc1ccccc1F. The van der Waals surface area contributed by atoms with Gasteiger partial charge in [0, 0.05) is 25.1 Å². The molecule has 2 atom stereocenters. The van der Waals surface area contributed by atoms with E-state index in [1.807, 2.05) is 17.6 Å². The second-order valence-electron chi connectivity index (χ2n) is 5.73. The van der Waals surface area contributed by atoms with Gasteiger partial charge in [-0.3, -0.25) is 4.90 Å². The van der Waals surface area contributed by atoms with E-state index in [0.29, 0.717) is 6.42 Å². The van der Waals surface area contributed by atoms with E-state index < -0.39 is 0 Å². The van der Waals surface area contributed by atoms with E-state index >= 15 is 0 Å². The lowest BCUT2D eigenvalue weighted by atomic mass is 9.92. The second-order valence-corrected chi connectivity index (χ2v) is 6.45. The summed E-state index contributed by atoms with van der Waals surface area (Å²) in [6.45, 7) is 1.82. The van der Waals surface area contributed by atoms with Gasteiger partial charge in [-0.15, -0.1) is 11.3 Å². The Balaban J connectivity index is 1.79. The maximum Gasteiger partial charge on any atom is 0.126 e. The van der Waals surface area contributed by atoms with Crippen LogP contribution in [0.3, 0.4) is 0 Å². The number of halogens is 1. The summed E-state index contributed by atoms with van der Waals surface area (Å²) in [5.41, 5.74) is 3.71. The van der Waals surface area contributed by atoms with Crippen LogP contribution in [0, 0.1) is 5.82 Å². The molecule has 1 saturated heterocycles. The van der Waals surface area contributed by atoms with E-state index in [-0.39, 0.29) is 18.0 Å². The molecule has 3 nitrogen and oxygen atoms in total. The standard InChI is InChI=1S/C17H21FN2OS/c1-21-17-7-4-8-20(10-14-11-22-12-19-14)16(17)9-13-5-2-3-6-15(13)18/h2-3,5-6,11-12,16-17H,4,7-10H2,1H3/t16-,17-/m0/s1. The number of hydrogen-bond donors (Lipinski definition) is 0. The molecule has 22 heavy (non-hydrogen) atoms. The second kappa shape index (κ2) is 7.31. The van der Waals surface area contributed by atoms with Crippen molar-refractivity contribution in [3.63, 3.8) is 0 Å². The van der Waals surface area contributed by atoms with Gasteiger partial charge < -0.3 is 4.74 Å². The highest BCUT2D eigenvalue weighted by Crippen LogP contribution is 2.26. The number of thiazole rings is 1. The topological polar surface area (TPSA) is 25.4 Å². The summed E-state index contributed by atoms with van der Waals surface area (Å²) in [6.07, 6.45) is 2.96. The molecule has 5 heteroatoms. The third-order valence-corrected chi connectivity index (χ3v) is 5.01. The number of nitrogens with zero attached hydrogens (tertiary/aromatic N) is 2. The predicted octanol–water partition coefficient (Wildman–Crippen LogP) is 3.50.